The summed E-state index contributed by atoms with van der Waals surface area (Å²) in [6.07, 6.45) is 0. The van der Waals surface area contributed by atoms with Crippen molar-refractivity contribution in [3.8, 4) is 27.9 Å². The van der Waals surface area contributed by atoms with Crippen LogP contribution in [0.5, 0.6) is 0 Å². The van der Waals surface area contributed by atoms with Crippen molar-refractivity contribution < 1.29 is 0 Å². The van der Waals surface area contributed by atoms with Gasteiger partial charge in [0.2, 0.25) is 0 Å². The maximum Gasteiger partial charge on any atom is 0.0641 e. The molecule has 0 fully saturated rings. The van der Waals surface area contributed by atoms with Crippen LogP contribution in [0.25, 0.3) is 98.6 Å². The fourth-order valence-electron chi connectivity index (χ4n) is 8.40. The second-order valence-corrected chi connectivity index (χ2v) is 12.9. The minimum absolute atomic E-state index is 1.16. The Morgan fingerprint density at radius 3 is 1.85 bits per heavy atom. The number of hydrogen-bond donors (Lipinski definition) is 0. The number of fused-ring (bicyclic) bond motifs is 7. The largest absolute Gasteiger partial charge is 0.309 e. The van der Waals surface area contributed by atoms with Crippen LogP contribution < -0.4 is 0 Å². The van der Waals surface area contributed by atoms with Gasteiger partial charge in [-0.25, -0.2) is 0 Å². The Labute approximate surface area is 276 Å². The molecule has 0 saturated heterocycles. The molecular weight excluding hydrogens is 581 g/mol. The topological polar surface area (TPSA) is 9.34 Å². The number of benzene rings is 8. The van der Waals surface area contributed by atoms with Crippen LogP contribution in [0.2, 0.25) is 0 Å². The molecule has 48 heavy (non-hydrogen) atoms. The van der Waals surface area contributed by atoms with Crippen LogP contribution >= 0.6 is 0 Å². The minimum Gasteiger partial charge on any atom is -0.309 e. The summed E-state index contributed by atoms with van der Waals surface area (Å²) in [5, 5.41) is 10.3. The lowest BCUT2D eigenvalue weighted by molar-refractivity contribution is 1.18. The van der Waals surface area contributed by atoms with Gasteiger partial charge < -0.3 is 8.97 Å². The van der Waals surface area contributed by atoms with Crippen LogP contribution in [0.1, 0.15) is 0 Å². The van der Waals surface area contributed by atoms with Crippen molar-refractivity contribution >= 4 is 70.7 Å². The Bertz CT molecular complexity index is 3050. The quantitative estimate of drug-likeness (QED) is 0.189. The molecule has 3 heterocycles. The zero-order valence-corrected chi connectivity index (χ0v) is 26.1. The zero-order valence-electron chi connectivity index (χ0n) is 26.1. The third-order valence-corrected chi connectivity index (χ3v) is 10.4. The molecule has 0 aliphatic rings. The van der Waals surface area contributed by atoms with Crippen molar-refractivity contribution in [3.05, 3.63) is 170 Å². The summed E-state index contributed by atoms with van der Waals surface area (Å²) in [4.78, 5) is 0. The fraction of sp³-hybridized carbons (Fsp3) is 0. The van der Waals surface area contributed by atoms with Gasteiger partial charge in [0, 0.05) is 32.6 Å². The number of aromatic nitrogens is 2. The first-order valence-electron chi connectivity index (χ1n) is 16.6. The second-order valence-electron chi connectivity index (χ2n) is 12.9. The molecule has 0 N–H and O–H groups in total. The highest BCUT2D eigenvalue weighted by atomic mass is 15.0. The second kappa shape index (κ2) is 9.57. The molecular formula is C46H28N2. The highest BCUT2D eigenvalue weighted by Gasteiger charge is 2.23. The van der Waals surface area contributed by atoms with E-state index in [2.05, 4.69) is 179 Å². The third kappa shape index (κ3) is 3.41. The summed E-state index contributed by atoms with van der Waals surface area (Å²) >= 11 is 0. The van der Waals surface area contributed by atoms with Gasteiger partial charge in [0.05, 0.1) is 27.6 Å². The smallest absolute Gasteiger partial charge is 0.0641 e. The molecule has 0 spiro atoms. The SMILES string of the molecule is c1ccc(-c2ccccc2-c2cccc(-n3c4cccc5c6cc7ccccc7cc6n6c7ccccc7c7ccc3c(c54)c76)c2)cc1. The van der Waals surface area contributed by atoms with Crippen LogP contribution in [0.3, 0.4) is 0 Å². The predicted octanol–water partition coefficient (Wildman–Crippen LogP) is 12.4. The van der Waals surface area contributed by atoms with E-state index in [0.717, 1.165) is 5.69 Å². The van der Waals surface area contributed by atoms with Gasteiger partial charge >= 0.3 is 0 Å². The van der Waals surface area contributed by atoms with Gasteiger partial charge in [0.15, 0.2) is 0 Å². The molecule has 8 aromatic carbocycles. The molecule has 0 amide bonds. The standard InChI is InChI=1S/C46H28N2/c1-2-12-29(13-3-1)34-18-6-7-19-35(34)32-16-10-17-33(26-32)47-41-23-11-21-37-39-27-30-14-4-5-15-31(30)28-43(39)48-40-22-9-8-20-36(40)38-24-25-42(47)45(44(37)41)46(38)48/h1-28H. The van der Waals surface area contributed by atoms with E-state index in [4.69, 9.17) is 0 Å². The normalized spacial score (nSPS) is 12.2. The first-order valence-corrected chi connectivity index (χ1v) is 16.6. The maximum atomic E-state index is 2.53. The van der Waals surface area contributed by atoms with Crippen LogP contribution in [0, 0.1) is 0 Å². The molecule has 222 valence electrons. The number of rotatable bonds is 3. The van der Waals surface area contributed by atoms with Crippen LogP contribution in [0.15, 0.2) is 170 Å². The van der Waals surface area contributed by atoms with E-state index in [0.29, 0.717) is 0 Å². The molecule has 0 bridgehead atoms. The summed E-state index contributed by atoms with van der Waals surface area (Å²) in [5.41, 5.74) is 12.3. The highest BCUT2D eigenvalue weighted by molar-refractivity contribution is 6.33. The molecule has 0 radical (unpaired) electrons. The summed E-state index contributed by atoms with van der Waals surface area (Å²) in [6, 6.07) is 62.5. The van der Waals surface area contributed by atoms with E-state index in [1.807, 2.05) is 0 Å². The molecule has 2 nitrogen and oxygen atoms in total. The minimum atomic E-state index is 1.16. The van der Waals surface area contributed by atoms with Crippen molar-refractivity contribution in [1.82, 2.24) is 8.97 Å². The van der Waals surface area contributed by atoms with Crippen LogP contribution in [0.4, 0.5) is 0 Å². The van der Waals surface area contributed by atoms with Gasteiger partial charge in [0.1, 0.15) is 0 Å². The number of para-hydroxylation sites is 1. The van der Waals surface area contributed by atoms with Crippen LogP contribution in [-0.4, -0.2) is 8.97 Å². The summed E-state index contributed by atoms with van der Waals surface area (Å²) in [7, 11) is 0. The van der Waals surface area contributed by atoms with E-state index in [9.17, 15) is 0 Å². The highest BCUT2D eigenvalue weighted by Crippen LogP contribution is 2.46. The summed E-state index contributed by atoms with van der Waals surface area (Å²) in [5.74, 6) is 0. The monoisotopic (exact) mass is 608 g/mol. The molecule has 0 aliphatic heterocycles. The van der Waals surface area contributed by atoms with E-state index in [1.54, 1.807) is 0 Å². The molecule has 0 aliphatic carbocycles. The lowest BCUT2D eigenvalue weighted by atomic mass is 9.94. The molecule has 11 aromatic rings. The Morgan fingerprint density at radius 1 is 0.333 bits per heavy atom. The average Bonchev–Trinajstić information content (AvgIpc) is 3.63. The maximum absolute atomic E-state index is 2.53. The lowest BCUT2D eigenvalue weighted by Crippen LogP contribution is -1.95. The fourth-order valence-corrected chi connectivity index (χ4v) is 8.40. The van der Waals surface area contributed by atoms with Gasteiger partial charge in [-0.05, 0) is 80.9 Å². The zero-order chi connectivity index (χ0) is 31.3. The van der Waals surface area contributed by atoms with Crippen molar-refractivity contribution in [2.75, 3.05) is 0 Å². The first kappa shape index (κ1) is 25.8. The molecule has 11 rings (SSSR count). The summed E-state index contributed by atoms with van der Waals surface area (Å²) in [6.45, 7) is 0. The van der Waals surface area contributed by atoms with E-state index < -0.39 is 0 Å². The van der Waals surface area contributed by atoms with Gasteiger partial charge in [-0.2, -0.15) is 0 Å². The van der Waals surface area contributed by atoms with Gasteiger partial charge in [0.25, 0.3) is 0 Å². The van der Waals surface area contributed by atoms with Gasteiger partial charge in [-0.15, -0.1) is 0 Å². The Kier molecular flexibility index (Phi) is 5.14. The van der Waals surface area contributed by atoms with Crippen molar-refractivity contribution in [1.29, 1.82) is 0 Å². The third-order valence-electron chi connectivity index (χ3n) is 10.4. The predicted molar refractivity (Wildman–Crippen MR) is 204 cm³/mol. The Balaban J connectivity index is 1.30. The Hall–Kier alpha value is -6.38. The number of hydrogen-bond acceptors (Lipinski definition) is 0. The molecule has 2 heteroatoms. The van der Waals surface area contributed by atoms with Crippen LogP contribution in [-0.2, 0) is 0 Å². The average molecular weight is 609 g/mol. The van der Waals surface area contributed by atoms with Crippen molar-refractivity contribution in [2.24, 2.45) is 0 Å². The number of nitrogens with zero attached hydrogens (tertiary/aromatic N) is 2. The molecule has 0 atom stereocenters. The van der Waals surface area contributed by atoms with Gasteiger partial charge in [-0.3, -0.25) is 0 Å². The van der Waals surface area contributed by atoms with E-state index in [1.165, 1.54) is 92.9 Å². The summed E-state index contributed by atoms with van der Waals surface area (Å²) < 4.78 is 5.02. The van der Waals surface area contributed by atoms with E-state index in [-0.39, 0.29) is 0 Å². The van der Waals surface area contributed by atoms with E-state index >= 15 is 0 Å². The first-order chi connectivity index (χ1) is 23.8. The molecule has 3 aromatic heterocycles. The molecule has 0 saturated carbocycles. The van der Waals surface area contributed by atoms with Gasteiger partial charge in [-0.1, -0.05) is 127 Å². The molecule has 0 unspecified atom stereocenters. The van der Waals surface area contributed by atoms with Crippen molar-refractivity contribution in [2.45, 2.75) is 0 Å². The lowest BCUT2D eigenvalue weighted by Gasteiger charge is -2.14. The van der Waals surface area contributed by atoms with Crippen molar-refractivity contribution in [3.63, 3.8) is 0 Å². The Morgan fingerprint density at radius 2 is 0.979 bits per heavy atom.